The highest BCUT2D eigenvalue weighted by Crippen LogP contribution is 2.27. The van der Waals surface area contributed by atoms with Crippen LogP contribution in [0.3, 0.4) is 0 Å². The molecule has 26 heavy (non-hydrogen) atoms. The molecule has 1 fully saturated rings. The van der Waals surface area contributed by atoms with Gasteiger partial charge in [-0.15, -0.1) is 0 Å². The molecule has 1 amide bonds. The highest BCUT2D eigenvalue weighted by atomic mass is 16.6. The van der Waals surface area contributed by atoms with E-state index in [0.717, 1.165) is 12.8 Å². The molecule has 7 nitrogen and oxygen atoms in total. The summed E-state index contributed by atoms with van der Waals surface area (Å²) in [7, 11) is 0. The van der Waals surface area contributed by atoms with Gasteiger partial charge >= 0.3 is 0 Å². The molecular formula is C19H26N2O5. The second-order valence-electron chi connectivity index (χ2n) is 6.79. The van der Waals surface area contributed by atoms with Crippen LogP contribution < -0.4 is 10.1 Å². The first kappa shape index (κ1) is 19.9. The molecule has 2 rings (SSSR count). The number of hydrogen-bond donors (Lipinski definition) is 1. The van der Waals surface area contributed by atoms with Crippen LogP contribution >= 0.6 is 0 Å². The normalized spacial score (nSPS) is 15.9. The lowest BCUT2D eigenvalue weighted by Gasteiger charge is -2.23. The first-order chi connectivity index (χ1) is 12.5. The summed E-state index contributed by atoms with van der Waals surface area (Å²) in [5, 5.41) is 14.1. The second-order valence-corrected chi connectivity index (χ2v) is 6.79. The fourth-order valence-corrected chi connectivity index (χ4v) is 3.29. The second kappa shape index (κ2) is 9.89. The fourth-order valence-electron chi connectivity index (χ4n) is 3.29. The van der Waals surface area contributed by atoms with Gasteiger partial charge in [-0.3, -0.25) is 19.7 Å². The predicted octanol–water partition coefficient (Wildman–Crippen LogP) is 3.79. The monoisotopic (exact) mass is 362 g/mol. The van der Waals surface area contributed by atoms with Crippen molar-refractivity contribution in [1.82, 2.24) is 5.32 Å². The number of nitro groups is 1. The van der Waals surface area contributed by atoms with E-state index in [9.17, 15) is 19.7 Å². The maximum absolute atomic E-state index is 12.0. The SMILES string of the molecule is CC(CCCC(=O)NC1CCCCC1)Oc1cccc([N+](=O)[O-])c1C=O. The van der Waals surface area contributed by atoms with Crippen LogP contribution in [0.2, 0.25) is 0 Å². The summed E-state index contributed by atoms with van der Waals surface area (Å²) in [6.45, 7) is 1.83. The quantitative estimate of drug-likeness (QED) is 0.409. The van der Waals surface area contributed by atoms with E-state index in [1.807, 2.05) is 6.92 Å². The number of ether oxygens (including phenoxy) is 1. The van der Waals surface area contributed by atoms with Crippen molar-refractivity contribution in [2.24, 2.45) is 0 Å². The van der Waals surface area contributed by atoms with Gasteiger partial charge in [0.25, 0.3) is 5.69 Å². The number of carbonyl (C=O) groups is 2. The zero-order chi connectivity index (χ0) is 18.9. The van der Waals surface area contributed by atoms with Crippen LogP contribution in [0.5, 0.6) is 5.75 Å². The van der Waals surface area contributed by atoms with Crippen LogP contribution in [0.4, 0.5) is 5.69 Å². The van der Waals surface area contributed by atoms with Crippen molar-refractivity contribution in [1.29, 1.82) is 0 Å². The first-order valence-electron chi connectivity index (χ1n) is 9.20. The summed E-state index contributed by atoms with van der Waals surface area (Å²) in [6, 6.07) is 4.62. The lowest BCUT2D eigenvalue weighted by molar-refractivity contribution is -0.385. The van der Waals surface area contributed by atoms with Crippen molar-refractivity contribution in [3.8, 4) is 5.75 Å². The van der Waals surface area contributed by atoms with E-state index in [-0.39, 0.29) is 29.0 Å². The third-order valence-electron chi connectivity index (χ3n) is 4.67. The third-order valence-corrected chi connectivity index (χ3v) is 4.67. The van der Waals surface area contributed by atoms with Crippen LogP contribution in [0, 0.1) is 10.1 Å². The van der Waals surface area contributed by atoms with E-state index in [1.165, 1.54) is 31.4 Å². The van der Waals surface area contributed by atoms with Crippen LogP contribution in [-0.2, 0) is 4.79 Å². The number of hydrogen-bond acceptors (Lipinski definition) is 5. The van der Waals surface area contributed by atoms with Gasteiger partial charge in [0.2, 0.25) is 5.91 Å². The van der Waals surface area contributed by atoms with E-state index in [1.54, 1.807) is 6.07 Å². The smallest absolute Gasteiger partial charge is 0.283 e. The minimum absolute atomic E-state index is 0.0561. The van der Waals surface area contributed by atoms with E-state index in [4.69, 9.17) is 4.74 Å². The molecule has 1 N–H and O–H groups in total. The van der Waals surface area contributed by atoms with Gasteiger partial charge in [-0.25, -0.2) is 0 Å². The van der Waals surface area contributed by atoms with Crippen LogP contribution in [0.1, 0.15) is 68.6 Å². The summed E-state index contributed by atoms with van der Waals surface area (Å²) < 4.78 is 5.69. The molecule has 0 aliphatic heterocycles. The molecule has 0 aromatic heterocycles. The number of nitro benzene ring substituents is 1. The average Bonchev–Trinajstić information content (AvgIpc) is 2.62. The molecule has 1 aromatic carbocycles. The Labute approximate surface area is 153 Å². The molecule has 0 saturated heterocycles. The standard InChI is InChI=1S/C19H26N2O5/c1-14(7-5-12-19(23)20-15-8-3-2-4-9-15)26-18-11-6-10-17(21(24)25)16(18)13-22/h6,10-11,13-15H,2-5,7-9,12H2,1H3,(H,20,23). The minimum Gasteiger partial charge on any atom is -0.490 e. The molecule has 1 unspecified atom stereocenters. The Morgan fingerprint density at radius 3 is 2.77 bits per heavy atom. The van der Waals surface area contributed by atoms with Crippen LogP contribution in [0.15, 0.2) is 18.2 Å². The Bertz CT molecular complexity index is 641. The predicted molar refractivity (Wildman–Crippen MR) is 97.4 cm³/mol. The molecule has 0 bridgehead atoms. The summed E-state index contributed by atoms with van der Waals surface area (Å²) in [6.07, 6.45) is 7.64. The third kappa shape index (κ3) is 5.82. The number of amides is 1. The molecule has 1 aliphatic carbocycles. The topological polar surface area (TPSA) is 98.5 Å². The van der Waals surface area contributed by atoms with Crippen molar-refractivity contribution in [3.63, 3.8) is 0 Å². The first-order valence-corrected chi connectivity index (χ1v) is 9.20. The molecule has 1 saturated carbocycles. The zero-order valence-corrected chi connectivity index (χ0v) is 15.1. The van der Waals surface area contributed by atoms with E-state index < -0.39 is 4.92 Å². The van der Waals surface area contributed by atoms with Gasteiger partial charge in [0.15, 0.2) is 6.29 Å². The summed E-state index contributed by atoms with van der Waals surface area (Å²) in [5.41, 5.74) is -0.323. The van der Waals surface area contributed by atoms with Gasteiger partial charge in [0.05, 0.1) is 11.0 Å². The number of rotatable bonds is 9. The van der Waals surface area contributed by atoms with Gasteiger partial charge in [-0.2, -0.15) is 0 Å². The fraction of sp³-hybridized carbons (Fsp3) is 0.579. The summed E-state index contributed by atoms with van der Waals surface area (Å²) in [4.78, 5) is 33.6. The van der Waals surface area contributed by atoms with Crippen molar-refractivity contribution in [2.75, 3.05) is 0 Å². The van der Waals surface area contributed by atoms with Crippen LogP contribution in [-0.4, -0.2) is 29.3 Å². The number of nitrogens with zero attached hydrogens (tertiary/aromatic N) is 1. The highest BCUT2D eigenvalue weighted by molar-refractivity contribution is 5.85. The van der Waals surface area contributed by atoms with Gasteiger partial charge < -0.3 is 10.1 Å². The Morgan fingerprint density at radius 2 is 2.12 bits per heavy atom. The Hall–Kier alpha value is -2.44. The molecular weight excluding hydrogens is 336 g/mol. The molecule has 142 valence electrons. The Kier molecular flexibility index (Phi) is 7.56. The number of aldehydes is 1. The number of carbonyl (C=O) groups excluding carboxylic acids is 2. The van der Waals surface area contributed by atoms with Gasteiger partial charge in [-0.05, 0) is 38.7 Å². The number of benzene rings is 1. The Balaban J connectivity index is 1.79. The summed E-state index contributed by atoms with van der Waals surface area (Å²) in [5.74, 6) is 0.265. The van der Waals surface area contributed by atoms with Gasteiger partial charge in [0.1, 0.15) is 11.3 Å². The maximum atomic E-state index is 12.0. The highest BCUT2D eigenvalue weighted by Gasteiger charge is 2.19. The summed E-state index contributed by atoms with van der Waals surface area (Å²) >= 11 is 0. The molecule has 1 atom stereocenters. The van der Waals surface area contributed by atoms with E-state index in [0.29, 0.717) is 31.6 Å². The minimum atomic E-state index is -0.600. The van der Waals surface area contributed by atoms with E-state index in [2.05, 4.69) is 5.32 Å². The molecule has 0 spiro atoms. The molecule has 0 radical (unpaired) electrons. The average molecular weight is 362 g/mol. The Morgan fingerprint density at radius 1 is 1.38 bits per heavy atom. The lowest BCUT2D eigenvalue weighted by Crippen LogP contribution is -2.36. The van der Waals surface area contributed by atoms with Crippen molar-refractivity contribution in [3.05, 3.63) is 33.9 Å². The zero-order valence-electron chi connectivity index (χ0n) is 15.1. The largest absolute Gasteiger partial charge is 0.490 e. The molecule has 1 aliphatic rings. The molecule has 7 heteroatoms. The van der Waals surface area contributed by atoms with Gasteiger partial charge in [0, 0.05) is 18.5 Å². The maximum Gasteiger partial charge on any atom is 0.283 e. The molecule has 0 heterocycles. The van der Waals surface area contributed by atoms with Gasteiger partial charge in [-0.1, -0.05) is 25.3 Å². The van der Waals surface area contributed by atoms with Crippen molar-refractivity contribution >= 4 is 17.9 Å². The van der Waals surface area contributed by atoms with Crippen LogP contribution in [0.25, 0.3) is 0 Å². The number of nitrogens with one attached hydrogen (secondary N) is 1. The van der Waals surface area contributed by atoms with Crippen molar-refractivity contribution < 1.29 is 19.2 Å². The molecule has 1 aromatic rings. The van der Waals surface area contributed by atoms with Crippen molar-refractivity contribution in [2.45, 2.75) is 70.4 Å². The van der Waals surface area contributed by atoms with E-state index >= 15 is 0 Å². The lowest BCUT2D eigenvalue weighted by atomic mass is 9.95.